The van der Waals surface area contributed by atoms with Crippen molar-refractivity contribution in [1.29, 1.82) is 0 Å². The Labute approximate surface area is 84.2 Å². The van der Waals surface area contributed by atoms with Crippen LogP contribution in [0.3, 0.4) is 0 Å². The van der Waals surface area contributed by atoms with Crippen molar-refractivity contribution in [3.8, 4) is 0 Å². The van der Waals surface area contributed by atoms with E-state index in [1.807, 2.05) is 0 Å². The summed E-state index contributed by atoms with van der Waals surface area (Å²) in [5.41, 5.74) is 0. The summed E-state index contributed by atoms with van der Waals surface area (Å²) in [5, 5.41) is 0. The first-order chi connectivity index (χ1) is 5.06. The number of rotatable bonds is 2. The molecule has 70 valence electrons. The molecule has 0 amide bonds. The van der Waals surface area contributed by atoms with E-state index in [0.717, 1.165) is 0 Å². The van der Waals surface area contributed by atoms with Gasteiger partial charge >= 0.3 is 53.5 Å². The van der Waals surface area contributed by atoms with E-state index < -0.39 is 16.8 Å². The molecule has 0 atom stereocenters. The fourth-order valence-electron chi connectivity index (χ4n) is 0.149. The summed E-state index contributed by atoms with van der Waals surface area (Å²) >= 11 is 2.33. The van der Waals surface area contributed by atoms with Gasteiger partial charge in [-0.1, -0.05) is 0 Å². The summed E-state index contributed by atoms with van der Waals surface area (Å²) < 4.78 is 30.7. The van der Waals surface area contributed by atoms with Crippen LogP contribution < -0.4 is 0 Å². The second-order valence-electron chi connectivity index (χ2n) is 3.83. The summed E-state index contributed by atoms with van der Waals surface area (Å²) in [6.07, 6.45) is -0.611. The van der Waals surface area contributed by atoms with E-state index in [2.05, 4.69) is 40.9 Å². The van der Waals surface area contributed by atoms with Crippen LogP contribution in [0.1, 0.15) is 6.92 Å². The Hall–Kier alpha value is 0.684. The van der Waals surface area contributed by atoms with Gasteiger partial charge in [0.15, 0.2) is 0 Å². The summed E-state index contributed by atoms with van der Waals surface area (Å²) in [5.74, 6) is 0. The van der Waals surface area contributed by atoms with E-state index in [1.165, 1.54) is 6.92 Å². The van der Waals surface area contributed by atoms with Gasteiger partial charge in [-0.3, -0.25) is 4.55 Å². The summed E-state index contributed by atoms with van der Waals surface area (Å²) in [6.45, 7) is 8.42. The molecule has 0 aliphatic carbocycles. The maximum atomic E-state index is 9.56. The Morgan fingerprint density at radius 1 is 1.42 bits per heavy atom. The summed E-state index contributed by atoms with van der Waals surface area (Å²) in [6, 6.07) is 0. The van der Waals surface area contributed by atoms with Crippen LogP contribution in [0.15, 0.2) is 0 Å². The van der Waals surface area contributed by atoms with Crippen molar-refractivity contribution < 1.29 is 17.2 Å². The van der Waals surface area contributed by atoms with Crippen molar-refractivity contribution in [2.24, 2.45) is 0 Å². The van der Waals surface area contributed by atoms with E-state index in [-0.39, 0.29) is 6.61 Å². The Morgan fingerprint density at radius 2 is 1.67 bits per heavy atom. The minimum atomic E-state index is -4.17. The first-order valence-corrected chi connectivity index (χ1v) is 9.04. The van der Waals surface area contributed by atoms with E-state index in [9.17, 15) is 8.42 Å². The Morgan fingerprint density at radius 3 is 1.67 bits per heavy atom. The average Bonchev–Trinajstić information content (AvgIpc) is 1.54. The molecule has 0 aromatic rings. The Bertz CT molecular complexity index is 190. The monoisotopic (exact) mass is 206 g/mol. The molecule has 0 saturated carbocycles. The molecule has 0 rings (SSSR count). The second-order valence-corrected chi connectivity index (χ2v) is 10.9. The van der Waals surface area contributed by atoms with Crippen LogP contribution in [0.4, 0.5) is 0 Å². The fourth-order valence-corrected chi connectivity index (χ4v) is 0.447. The molecule has 7 heteroatoms. The molecule has 0 fully saturated rings. The molecule has 0 bridgehead atoms. The van der Waals surface area contributed by atoms with Crippen molar-refractivity contribution in [3.63, 3.8) is 0 Å². The molecule has 0 unspecified atom stereocenters. The molecular formula is C5H15LiO4SSi. The average molecular weight is 206 g/mol. The predicted octanol–water partition coefficient (Wildman–Crippen LogP) is 0.815. The normalized spacial score (nSPS) is 11.9. The third-order valence-electron chi connectivity index (χ3n) is 0.267. The first kappa shape index (κ1) is 15.2. The predicted molar refractivity (Wildman–Crippen MR) is 52.3 cm³/mol. The molecular weight excluding hydrogens is 191 g/mol. The fraction of sp³-hybridized carbons (Fsp3) is 1.00. The van der Waals surface area contributed by atoms with Gasteiger partial charge in [0, 0.05) is 0 Å². The van der Waals surface area contributed by atoms with Gasteiger partial charge in [-0.05, 0) is 6.92 Å². The van der Waals surface area contributed by atoms with Crippen molar-refractivity contribution in [1.82, 2.24) is 0 Å². The van der Waals surface area contributed by atoms with Gasteiger partial charge in [0.25, 0.3) is 0 Å². The molecule has 0 aromatic heterocycles. The standard InChI is InChI=1S/C3H9Si.C2H6O4S.Li/c1-4(2)3;1-2-6-7(3,4)5;/h1-3H3;2H2,1H3,(H,3,4,5);. The third kappa shape index (κ3) is 45.7. The maximum absolute atomic E-state index is 9.56. The zero-order valence-electron chi connectivity index (χ0n) is 8.29. The first-order valence-electron chi connectivity index (χ1n) is 3.68. The molecule has 0 saturated heterocycles. The van der Waals surface area contributed by atoms with Crippen molar-refractivity contribution in [2.45, 2.75) is 26.6 Å². The van der Waals surface area contributed by atoms with Gasteiger partial charge in [0.05, 0.1) is 6.61 Å². The van der Waals surface area contributed by atoms with E-state index in [0.29, 0.717) is 0 Å². The quantitative estimate of drug-likeness (QED) is 0.536. The van der Waals surface area contributed by atoms with Gasteiger partial charge < -0.3 is 0 Å². The topological polar surface area (TPSA) is 63.6 Å². The van der Waals surface area contributed by atoms with Gasteiger partial charge in [-0.25, -0.2) is 4.18 Å². The number of hydrogen-bond donors (Lipinski definition) is 1. The Kier molecular flexibility index (Phi) is 7.82. The summed E-state index contributed by atoms with van der Waals surface area (Å²) in [4.78, 5) is 0. The molecule has 1 N–H and O–H groups in total. The molecule has 4 nitrogen and oxygen atoms in total. The van der Waals surface area contributed by atoms with Crippen LogP contribution in [0.2, 0.25) is 19.6 Å². The molecule has 0 radical (unpaired) electrons. The van der Waals surface area contributed by atoms with E-state index in [1.54, 1.807) is 0 Å². The van der Waals surface area contributed by atoms with Gasteiger partial charge in [0.1, 0.15) is 0 Å². The molecule has 0 aromatic carbocycles. The molecule has 0 spiro atoms. The van der Waals surface area contributed by atoms with Gasteiger partial charge in [0.2, 0.25) is 0 Å². The van der Waals surface area contributed by atoms with Gasteiger partial charge in [-0.2, -0.15) is 8.42 Å². The Balaban J connectivity index is 0. The van der Waals surface area contributed by atoms with Gasteiger partial charge in [-0.15, -0.1) is 0 Å². The molecule has 12 heavy (non-hydrogen) atoms. The van der Waals surface area contributed by atoms with E-state index in [4.69, 9.17) is 4.55 Å². The van der Waals surface area contributed by atoms with Crippen molar-refractivity contribution in [2.75, 3.05) is 6.61 Å². The van der Waals surface area contributed by atoms with Crippen LogP contribution in [0.5, 0.6) is 0 Å². The third-order valence-corrected chi connectivity index (χ3v) is 0.800. The van der Waals surface area contributed by atoms with Crippen LogP contribution >= 0.6 is 0 Å². The SMILES string of the molecule is CCOS(=O)(=O)O.[Li][Si](C)(C)C. The molecule has 0 heterocycles. The second kappa shape index (κ2) is 6.19. The van der Waals surface area contributed by atoms with E-state index >= 15 is 0 Å². The van der Waals surface area contributed by atoms with Crippen LogP contribution in [-0.2, 0) is 14.6 Å². The molecule has 0 aliphatic heterocycles. The van der Waals surface area contributed by atoms with Crippen LogP contribution in [-0.4, -0.2) is 43.0 Å². The van der Waals surface area contributed by atoms with Crippen molar-refractivity contribution >= 4 is 33.8 Å². The minimum absolute atomic E-state index is 0.0289. The van der Waals surface area contributed by atoms with Crippen LogP contribution in [0.25, 0.3) is 0 Å². The summed E-state index contributed by atoms with van der Waals surface area (Å²) in [7, 11) is -4.17. The zero-order valence-corrected chi connectivity index (χ0v) is 10.1. The number of hydrogen-bond acceptors (Lipinski definition) is 3. The van der Waals surface area contributed by atoms with Crippen LogP contribution in [0, 0.1) is 0 Å². The van der Waals surface area contributed by atoms with Crippen molar-refractivity contribution in [3.05, 3.63) is 0 Å². The zero-order chi connectivity index (χ0) is 10.4. The molecule has 0 aliphatic rings.